The highest BCUT2D eigenvalue weighted by molar-refractivity contribution is 6.08. The van der Waals surface area contributed by atoms with E-state index in [0.29, 0.717) is 11.4 Å². The van der Waals surface area contributed by atoms with Crippen LogP contribution in [0.2, 0.25) is 0 Å². The number of carbonyl (C=O) groups excluding carboxylic acids is 2. The smallest absolute Gasteiger partial charge is 0.233 e. The first kappa shape index (κ1) is 16.1. The summed E-state index contributed by atoms with van der Waals surface area (Å²) in [6.07, 6.45) is 2.26. The molecule has 5 heteroatoms. The Hall–Kier alpha value is -2.82. The third-order valence-electron chi connectivity index (χ3n) is 4.00. The van der Waals surface area contributed by atoms with Crippen LogP contribution in [0.15, 0.2) is 54.6 Å². The second kappa shape index (κ2) is 7.64. The molecule has 2 amide bonds. The van der Waals surface area contributed by atoms with Gasteiger partial charge in [0.05, 0.1) is 0 Å². The lowest BCUT2D eigenvalue weighted by atomic mass is 10.2. The minimum Gasteiger partial charge on any atom is -0.372 e. The molecule has 0 aliphatic carbocycles. The van der Waals surface area contributed by atoms with E-state index >= 15 is 0 Å². The van der Waals surface area contributed by atoms with Gasteiger partial charge in [-0.15, -0.1) is 0 Å². The van der Waals surface area contributed by atoms with Gasteiger partial charge >= 0.3 is 0 Å². The molecule has 1 aliphatic heterocycles. The summed E-state index contributed by atoms with van der Waals surface area (Å²) in [7, 11) is 0. The van der Waals surface area contributed by atoms with Crippen molar-refractivity contribution in [2.45, 2.75) is 19.3 Å². The Kier molecular flexibility index (Phi) is 5.11. The van der Waals surface area contributed by atoms with Gasteiger partial charge < -0.3 is 15.5 Å². The van der Waals surface area contributed by atoms with Crippen molar-refractivity contribution in [2.75, 3.05) is 28.6 Å². The quantitative estimate of drug-likeness (QED) is 0.830. The number of nitrogens with one attached hydrogen (secondary N) is 2. The predicted octanol–water partition coefficient (Wildman–Crippen LogP) is 3.25. The zero-order valence-corrected chi connectivity index (χ0v) is 13.5. The van der Waals surface area contributed by atoms with Crippen molar-refractivity contribution in [1.82, 2.24) is 0 Å². The average molecular weight is 323 g/mol. The molecule has 2 aromatic carbocycles. The van der Waals surface area contributed by atoms with Gasteiger partial charge in [-0.3, -0.25) is 9.59 Å². The number of hydrogen-bond acceptors (Lipinski definition) is 3. The number of rotatable bonds is 5. The van der Waals surface area contributed by atoms with E-state index in [0.717, 1.165) is 13.1 Å². The Labute approximate surface area is 141 Å². The Morgan fingerprint density at radius 2 is 1.33 bits per heavy atom. The van der Waals surface area contributed by atoms with E-state index < -0.39 is 0 Å². The lowest BCUT2D eigenvalue weighted by Gasteiger charge is -2.17. The zero-order valence-electron chi connectivity index (χ0n) is 13.5. The number of anilines is 3. The van der Waals surface area contributed by atoms with E-state index in [2.05, 4.69) is 15.5 Å². The van der Waals surface area contributed by atoms with E-state index in [1.54, 1.807) is 12.1 Å². The van der Waals surface area contributed by atoms with E-state index in [1.807, 2.05) is 42.5 Å². The fourth-order valence-corrected chi connectivity index (χ4v) is 2.81. The molecule has 0 radical (unpaired) electrons. The minimum atomic E-state index is -0.326. The van der Waals surface area contributed by atoms with Crippen molar-refractivity contribution < 1.29 is 9.59 Å². The van der Waals surface area contributed by atoms with E-state index in [4.69, 9.17) is 0 Å². The number of amides is 2. The van der Waals surface area contributed by atoms with Crippen LogP contribution < -0.4 is 15.5 Å². The van der Waals surface area contributed by atoms with Crippen LogP contribution in [0, 0.1) is 0 Å². The summed E-state index contributed by atoms with van der Waals surface area (Å²) in [5.41, 5.74) is 2.56. The highest BCUT2D eigenvalue weighted by Gasteiger charge is 2.13. The van der Waals surface area contributed by atoms with Gasteiger partial charge in [-0.1, -0.05) is 18.2 Å². The molecule has 0 bridgehead atoms. The number of para-hydroxylation sites is 1. The third kappa shape index (κ3) is 4.35. The van der Waals surface area contributed by atoms with Crippen molar-refractivity contribution in [2.24, 2.45) is 0 Å². The first-order chi connectivity index (χ1) is 11.7. The third-order valence-corrected chi connectivity index (χ3v) is 4.00. The molecule has 1 aliphatic rings. The van der Waals surface area contributed by atoms with Crippen LogP contribution in [0.25, 0.3) is 0 Å². The maximum atomic E-state index is 12.0. The maximum absolute atomic E-state index is 12.0. The summed E-state index contributed by atoms with van der Waals surface area (Å²) in [5, 5.41) is 5.46. The summed E-state index contributed by atoms with van der Waals surface area (Å²) in [4.78, 5) is 26.2. The molecule has 1 heterocycles. The molecular weight excluding hydrogens is 302 g/mol. The number of benzene rings is 2. The summed E-state index contributed by atoms with van der Waals surface area (Å²) in [5.74, 6) is -0.648. The van der Waals surface area contributed by atoms with Crippen LogP contribution in [0.5, 0.6) is 0 Å². The first-order valence-electron chi connectivity index (χ1n) is 8.20. The normalized spacial score (nSPS) is 13.6. The van der Waals surface area contributed by atoms with Crippen LogP contribution in [-0.2, 0) is 9.59 Å². The summed E-state index contributed by atoms with van der Waals surface area (Å²) in [6, 6.07) is 16.9. The topological polar surface area (TPSA) is 61.4 Å². The fraction of sp³-hybridized carbons (Fsp3) is 0.263. The lowest BCUT2D eigenvalue weighted by Crippen LogP contribution is -2.21. The van der Waals surface area contributed by atoms with Crippen LogP contribution in [0.3, 0.4) is 0 Å². The molecule has 24 heavy (non-hydrogen) atoms. The molecule has 5 nitrogen and oxygen atoms in total. The highest BCUT2D eigenvalue weighted by Crippen LogP contribution is 2.22. The average Bonchev–Trinajstić information content (AvgIpc) is 3.10. The molecule has 2 N–H and O–H groups in total. The highest BCUT2D eigenvalue weighted by atomic mass is 16.2. The molecule has 0 aromatic heterocycles. The predicted molar refractivity (Wildman–Crippen MR) is 96.2 cm³/mol. The number of hydrogen-bond donors (Lipinski definition) is 2. The van der Waals surface area contributed by atoms with Crippen LogP contribution in [-0.4, -0.2) is 24.9 Å². The summed E-state index contributed by atoms with van der Waals surface area (Å²) in [6.45, 7) is 2.18. The Bertz CT molecular complexity index is 692. The van der Waals surface area contributed by atoms with Crippen molar-refractivity contribution in [1.29, 1.82) is 0 Å². The van der Waals surface area contributed by atoms with Gasteiger partial charge in [0.25, 0.3) is 0 Å². The zero-order chi connectivity index (χ0) is 16.8. The molecule has 124 valence electrons. The molecule has 0 spiro atoms. The van der Waals surface area contributed by atoms with Crippen molar-refractivity contribution in [3.05, 3.63) is 54.6 Å². The standard InChI is InChI=1S/C19H21N3O2/c23-18(20-15-6-2-1-3-7-15)14-19(24)21-16-8-10-17(11-9-16)22-12-4-5-13-22/h1-3,6-11H,4-5,12-14H2,(H,20,23)(H,21,24). The maximum Gasteiger partial charge on any atom is 0.233 e. The fourth-order valence-electron chi connectivity index (χ4n) is 2.81. The second-order valence-corrected chi connectivity index (χ2v) is 5.88. The summed E-state index contributed by atoms with van der Waals surface area (Å²) >= 11 is 0. The van der Waals surface area contributed by atoms with E-state index in [1.165, 1.54) is 18.5 Å². The van der Waals surface area contributed by atoms with Crippen LogP contribution in [0.4, 0.5) is 17.1 Å². The van der Waals surface area contributed by atoms with E-state index in [9.17, 15) is 9.59 Å². The first-order valence-corrected chi connectivity index (χ1v) is 8.20. The minimum absolute atomic E-state index is 0.206. The molecular formula is C19H21N3O2. The number of nitrogens with zero attached hydrogens (tertiary/aromatic N) is 1. The monoisotopic (exact) mass is 323 g/mol. The molecule has 1 saturated heterocycles. The van der Waals surface area contributed by atoms with Gasteiger partial charge in [-0.2, -0.15) is 0 Å². The van der Waals surface area contributed by atoms with Crippen molar-refractivity contribution in [3.8, 4) is 0 Å². The molecule has 0 unspecified atom stereocenters. The molecule has 0 atom stereocenters. The van der Waals surface area contributed by atoms with Gasteiger partial charge in [0.2, 0.25) is 11.8 Å². The van der Waals surface area contributed by atoms with Gasteiger partial charge in [-0.25, -0.2) is 0 Å². The van der Waals surface area contributed by atoms with Gasteiger partial charge in [0.1, 0.15) is 6.42 Å². The largest absolute Gasteiger partial charge is 0.372 e. The number of carbonyl (C=O) groups is 2. The SMILES string of the molecule is O=C(CC(=O)Nc1ccc(N2CCCC2)cc1)Nc1ccccc1. The molecule has 2 aromatic rings. The lowest BCUT2D eigenvalue weighted by molar-refractivity contribution is -0.123. The molecule has 0 saturated carbocycles. The van der Waals surface area contributed by atoms with Crippen LogP contribution >= 0.6 is 0 Å². The Morgan fingerprint density at radius 1 is 0.792 bits per heavy atom. The van der Waals surface area contributed by atoms with Crippen molar-refractivity contribution in [3.63, 3.8) is 0 Å². The van der Waals surface area contributed by atoms with Crippen molar-refractivity contribution >= 4 is 28.9 Å². The van der Waals surface area contributed by atoms with E-state index in [-0.39, 0.29) is 18.2 Å². The molecule has 1 fully saturated rings. The van der Waals surface area contributed by atoms with Gasteiger partial charge in [0.15, 0.2) is 0 Å². The second-order valence-electron chi connectivity index (χ2n) is 5.88. The van der Waals surface area contributed by atoms with Gasteiger partial charge in [0, 0.05) is 30.2 Å². The Balaban J connectivity index is 1.50. The Morgan fingerprint density at radius 3 is 1.92 bits per heavy atom. The van der Waals surface area contributed by atoms with Gasteiger partial charge in [-0.05, 0) is 49.2 Å². The summed E-state index contributed by atoms with van der Waals surface area (Å²) < 4.78 is 0. The molecule has 3 rings (SSSR count). The van der Waals surface area contributed by atoms with Crippen LogP contribution in [0.1, 0.15) is 19.3 Å².